The zero-order valence-corrected chi connectivity index (χ0v) is 23.0. The van der Waals surface area contributed by atoms with Gasteiger partial charge < -0.3 is 18.6 Å². The van der Waals surface area contributed by atoms with Crippen LogP contribution < -0.4 is 15.0 Å². The number of halogens is 1. The number of esters is 1. The van der Waals surface area contributed by atoms with E-state index in [-0.39, 0.29) is 24.1 Å². The predicted octanol–water partition coefficient (Wildman–Crippen LogP) is 5.79. The number of methoxy groups -OCH3 is 1. The molecule has 0 fully saturated rings. The summed E-state index contributed by atoms with van der Waals surface area (Å²) >= 11 is 3.46. The van der Waals surface area contributed by atoms with Crippen molar-refractivity contribution in [3.8, 4) is 23.1 Å². The van der Waals surface area contributed by atoms with Gasteiger partial charge in [-0.3, -0.25) is 4.79 Å². The number of furan rings is 1. The molecule has 2 aromatic heterocycles. The first-order valence-electron chi connectivity index (χ1n) is 12.1. The van der Waals surface area contributed by atoms with Crippen LogP contribution in [-0.4, -0.2) is 41.7 Å². The molecule has 0 radical (unpaired) electrons. The first kappa shape index (κ1) is 26.2. The van der Waals surface area contributed by atoms with Crippen molar-refractivity contribution < 1.29 is 23.4 Å². The summed E-state index contributed by atoms with van der Waals surface area (Å²) in [6.07, 6.45) is 1.31. The number of carbonyl (C=O) groups is 1. The first-order valence-corrected chi connectivity index (χ1v) is 12.9. The van der Waals surface area contributed by atoms with E-state index in [4.69, 9.17) is 23.6 Å². The molecule has 5 aromatic rings. The number of aromatic nitrogens is 2. The minimum Gasteiger partial charge on any atom is -0.496 e. The molecule has 0 amide bonds. The van der Waals surface area contributed by atoms with E-state index in [1.54, 1.807) is 63.4 Å². The Bertz CT molecular complexity index is 1770. The van der Waals surface area contributed by atoms with Crippen LogP contribution in [0.15, 0.2) is 85.5 Å². The van der Waals surface area contributed by atoms with Crippen LogP contribution in [-0.2, 0) is 9.53 Å². The third kappa shape index (κ3) is 5.56. The lowest BCUT2D eigenvalue weighted by Gasteiger charge is -2.10. The predicted molar refractivity (Wildman–Crippen MR) is 152 cm³/mol. The van der Waals surface area contributed by atoms with Gasteiger partial charge in [0.2, 0.25) is 5.82 Å². The van der Waals surface area contributed by atoms with Crippen molar-refractivity contribution in [1.29, 1.82) is 0 Å². The standard InChI is InChI=1S/C29H24BrN3O6/c1-17(2)38-27(34)16-37-25-12-11-18(13-21(25)30)15-31-33-28(32-22-8-5-4-7-19(22)29(33)35)26-14-20-23(36-3)9-6-10-24(20)39-26/h4-15,17H,16H2,1-3H3. The lowest BCUT2D eigenvalue weighted by atomic mass is 10.2. The Kier molecular flexibility index (Phi) is 7.47. The van der Waals surface area contributed by atoms with E-state index in [1.165, 1.54) is 10.9 Å². The van der Waals surface area contributed by atoms with E-state index in [1.807, 2.05) is 24.3 Å². The van der Waals surface area contributed by atoms with Gasteiger partial charge in [0.05, 0.1) is 40.2 Å². The van der Waals surface area contributed by atoms with Crippen molar-refractivity contribution in [3.05, 3.63) is 87.1 Å². The molecule has 0 bridgehead atoms. The minimum atomic E-state index is -0.457. The quantitative estimate of drug-likeness (QED) is 0.166. The molecule has 5 rings (SSSR count). The van der Waals surface area contributed by atoms with Crippen molar-refractivity contribution in [1.82, 2.24) is 9.66 Å². The third-order valence-corrected chi connectivity index (χ3v) is 6.33. The second kappa shape index (κ2) is 11.1. The summed E-state index contributed by atoms with van der Waals surface area (Å²) in [5.74, 6) is 1.27. The van der Waals surface area contributed by atoms with Crippen molar-refractivity contribution in [3.63, 3.8) is 0 Å². The van der Waals surface area contributed by atoms with Crippen LogP contribution in [0.4, 0.5) is 0 Å². The number of para-hydroxylation sites is 1. The monoisotopic (exact) mass is 589 g/mol. The highest BCUT2D eigenvalue weighted by Gasteiger charge is 2.18. The van der Waals surface area contributed by atoms with Gasteiger partial charge in [0.1, 0.15) is 17.1 Å². The molecule has 0 saturated heterocycles. The fourth-order valence-electron chi connectivity index (χ4n) is 3.99. The smallest absolute Gasteiger partial charge is 0.344 e. The number of hydrogen-bond acceptors (Lipinski definition) is 8. The van der Waals surface area contributed by atoms with E-state index >= 15 is 0 Å². The van der Waals surface area contributed by atoms with Crippen LogP contribution in [0.2, 0.25) is 0 Å². The Morgan fingerprint density at radius 3 is 2.67 bits per heavy atom. The van der Waals surface area contributed by atoms with Gasteiger partial charge >= 0.3 is 5.97 Å². The molecule has 0 N–H and O–H groups in total. The molecular formula is C29H24BrN3O6. The molecule has 198 valence electrons. The lowest BCUT2D eigenvalue weighted by Crippen LogP contribution is -2.20. The molecule has 9 nitrogen and oxygen atoms in total. The molecule has 2 heterocycles. The molecule has 0 saturated carbocycles. The van der Waals surface area contributed by atoms with Gasteiger partial charge in [0.25, 0.3) is 5.56 Å². The first-order chi connectivity index (χ1) is 18.8. The second-order valence-electron chi connectivity index (χ2n) is 8.81. The summed E-state index contributed by atoms with van der Waals surface area (Å²) in [4.78, 5) is 30.0. The zero-order chi connectivity index (χ0) is 27.5. The number of hydrogen-bond donors (Lipinski definition) is 0. The van der Waals surface area contributed by atoms with E-state index in [9.17, 15) is 9.59 Å². The molecule has 0 unspecified atom stereocenters. The fraction of sp³-hybridized carbons (Fsp3) is 0.172. The average molecular weight is 590 g/mol. The Labute approximate surface area is 231 Å². The van der Waals surface area contributed by atoms with Crippen LogP contribution in [0.1, 0.15) is 19.4 Å². The number of fused-ring (bicyclic) bond motifs is 2. The fourth-order valence-corrected chi connectivity index (χ4v) is 4.50. The van der Waals surface area contributed by atoms with Gasteiger partial charge in [-0.05, 0) is 83.9 Å². The van der Waals surface area contributed by atoms with Gasteiger partial charge in [-0.15, -0.1) is 0 Å². The molecule has 10 heteroatoms. The minimum absolute atomic E-state index is 0.214. The molecule has 0 aliphatic heterocycles. The molecule has 0 atom stereocenters. The van der Waals surface area contributed by atoms with E-state index in [0.29, 0.717) is 43.8 Å². The van der Waals surface area contributed by atoms with Crippen molar-refractivity contribution >= 4 is 50.0 Å². The maximum Gasteiger partial charge on any atom is 0.344 e. The molecule has 0 aliphatic carbocycles. The third-order valence-electron chi connectivity index (χ3n) is 5.71. The van der Waals surface area contributed by atoms with Crippen LogP contribution in [0.5, 0.6) is 11.5 Å². The Morgan fingerprint density at radius 1 is 1.08 bits per heavy atom. The highest BCUT2D eigenvalue weighted by molar-refractivity contribution is 9.10. The van der Waals surface area contributed by atoms with Gasteiger partial charge in [-0.1, -0.05) is 18.2 Å². The summed E-state index contributed by atoms with van der Waals surface area (Å²) < 4.78 is 24.0. The van der Waals surface area contributed by atoms with Crippen molar-refractivity contribution in [2.45, 2.75) is 20.0 Å². The molecular weight excluding hydrogens is 566 g/mol. The van der Waals surface area contributed by atoms with Crippen LogP contribution in [0, 0.1) is 0 Å². The zero-order valence-electron chi connectivity index (χ0n) is 21.4. The molecule has 0 aliphatic rings. The van der Waals surface area contributed by atoms with Crippen LogP contribution in [0.25, 0.3) is 33.5 Å². The van der Waals surface area contributed by atoms with E-state index in [2.05, 4.69) is 21.0 Å². The lowest BCUT2D eigenvalue weighted by molar-refractivity contribution is -0.149. The van der Waals surface area contributed by atoms with Gasteiger partial charge in [0, 0.05) is 0 Å². The second-order valence-corrected chi connectivity index (χ2v) is 9.67. The number of rotatable bonds is 8. The molecule has 39 heavy (non-hydrogen) atoms. The summed E-state index contributed by atoms with van der Waals surface area (Å²) in [7, 11) is 1.59. The summed E-state index contributed by atoms with van der Waals surface area (Å²) in [6.45, 7) is 3.33. The summed E-state index contributed by atoms with van der Waals surface area (Å²) in [6, 6.07) is 19.5. The largest absolute Gasteiger partial charge is 0.496 e. The highest BCUT2D eigenvalue weighted by atomic mass is 79.9. The number of benzene rings is 3. The van der Waals surface area contributed by atoms with Crippen LogP contribution >= 0.6 is 15.9 Å². The Hall–Kier alpha value is -4.44. The van der Waals surface area contributed by atoms with Crippen LogP contribution in [0.3, 0.4) is 0 Å². The highest BCUT2D eigenvalue weighted by Crippen LogP contribution is 2.33. The average Bonchev–Trinajstić information content (AvgIpc) is 3.36. The van der Waals surface area contributed by atoms with Gasteiger partial charge in [-0.25, -0.2) is 9.78 Å². The normalized spacial score (nSPS) is 11.5. The molecule has 0 spiro atoms. The SMILES string of the molecule is COc1cccc2oc(-c3nc4ccccc4c(=O)n3N=Cc3ccc(OCC(=O)OC(C)C)c(Br)c3)cc12. The number of ether oxygens (including phenoxy) is 3. The maximum absolute atomic E-state index is 13.5. The van der Waals surface area contributed by atoms with E-state index in [0.717, 1.165) is 5.39 Å². The summed E-state index contributed by atoms with van der Waals surface area (Å²) in [5.41, 5.74) is 1.45. The molecule has 3 aromatic carbocycles. The van der Waals surface area contributed by atoms with Gasteiger partial charge in [0.15, 0.2) is 12.4 Å². The van der Waals surface area contributed by atoms with Crippen molar-refractivity contribution in [2.24, 2.45) is 5.10 Å². The number of carbonyl (C=O) groups excluding carboxylic acids is 1. The Balaban J connectivity index is 1.52. The summed E-state index contributed by atoms with van der Waals surface area (Å²) in [5, 5.41) is 5.66. The number of nitrogens with zero attached hydrogens (tertiary/aromatic N) is 3. The Morgan fingerprint density at radius 2 is 1.90 bits per heavy atom. The van der Waals surface area contributed by atoms with Crippen molar-refractivity contribution in [2.75, 3.05) is 13.7 Å². The maximum atomic E-state index is 13.5. The van der Waals surface area contributed by atoms with Gasteiger partial charge in [-0.2, -0.15) is 9.78 Å². The topological polar surface area (TPSA) is 105 Å². The van der Waals surface area contributed by atoms with E-state index < -0.39 is 5.97 Å².